The van der Waals surface area contributed by atoms with Gasteiger partial charge in [-0.25, -0.2) is 4.98 Å². The molecule has 0 aliphatic rings. The van der Waals surface area contributed by atoms with Crippen LogP contribution in [0.2, 0.25) is 0 Å². The fraction of sp³-hybridized carbons (Fsp3) is 0.606. The summed E-state index contributed by atoms with van der Waals surface area (Å²) < 4.78 is 0. The molecule has 212 valence electrons. The highest BCUT2D eigenvalue weighted by Crippen LogP contribution is 2.29. The van der Waals surface area contributed by atoms with E-state index in [9.17, 15) is 5.26 Å². The number of allylic oxidation sites excluding steroid dienone is 1. The smallest absolute Gasteiger partial charge is 0.229 e. The van der Waals surface area contributed by atoms with Crippen molar-refractivity contribution in [3.8, 4) is 6.07 Å². The van der Waals surface area contributed by atoms with Gasteiger partial charge in [0, 0.05) is 19.3 Å². The van der Waals surface area contributed by atoms with Crippen molar-refractivity contribution in [1.82, 2.24) is 9.97 Å². The van der Waals surface area contributed by atoms with E-state index >= 15 is 0 Å². The summed E-state index contributed by atoms with van der Waals surface area (Å²) in [6, 6.07) is 8.69. The Morgan fingerprint density at radius 3 is 2.16 bits per heavy atom. The molecule has 0 fully saturated rings. The van der Waals surface area contributed by atoms with E-state index < -0.39 is 0 Å². The summed E-state index contributed by atoms with van der Waals surface area (Å²) in [5.74, 6) is 1.23. The summed E-state index contributed by atoms with van der Waals surface area (Å²) in [4.78, 5) is 11.7. The Hall–Kier alpha value is -2.87. The van der Waals surface area contributed by atoms with Crippen LogP contribution in [-0.2, 0) is 6.42 Å². The van der Waals surface area contributed by atoms with Gasteiger partial charge < -0.3 is 10.2 Å². The second-order valence-electron chi connectivity index (χ2n) is 10.8. The maximum Gasteiger partial charge on any atom is 0.229 e. The van der Waals surface area contributed by atoms with Gasteiger partial charge in [0.2, 0.25) is 5.95 Å². The zero-order valence-electron chi connectivity index (χ0n) is 26.4. The van der Waals surface area contributed by atoms with Gasteiger partial charge in [0.15, 0.2) is 5.82 Å². The molecule has 5 nitrogen and oxygen atoms in total. The van der Waals surface area contributed by atoms with Crippen molar-refractivity contribution in [2.24, 2.45) is 5.41 Å². The molecule has 0 unspecified atom stereocenters. The van der Waals surface area contributed by atoms with E-state index in [-0.39, 0.29) is 5.41 Å². The standard InChI is InChI=1S/C27H39N5.C4H10.C2H6/c1-9-11-12-13-23-22(17-28)25(32(8)18-27(5,6)7)31-26(29-23)30-24-16-21(19(3)10-2)15-14-20(24)4;1-3-4-2;1-2/h14-16H,3,9-13,18H2,1-2,4-8H3,(H,29,30,31);3-4H2,1-2H3;1-2H3. The number of nitrogens with zero attached hydrogens (tertiary/aromatic N) is 4. The largest absolute Gasteiger partial charge is 0.358 e. The summed E-state index contributed by atoms with van der Waals surface area (Å²) >= 11 is 0. The first-order chi connectivity index (χ1) is 18.0. The van der Waals surface area contributed by atoms with E-state index in [1.165, 1.54) is 12.8 Å². The third-order valence-electron chi connectivity index (χ3n) is 5.99. The molecule has 0 atom stereocenters. The molecule has 0 aliphatic heterocycles. The topological polar surface area (TPSA) is 64.8 Å². The number of benzene rings is 1. The Bertz CT molecular complexity index is 1010. The number of nitrogens with one attached hydrogen (secondary N) is 1. The Labute approximate surface area is 234 Å². The van der Waals surface area contributed by atoms with Crippen molar-refractivity contribution in [3.05, 3.63) is 47.2 Å². The van der Waals surface area contributed by atoms with Crippen molar-refractivity contribution < 1.29 is 0 Å². The van der Waals surface area contributed by atoms with E-state index in [1.54, 1.807) is 0 Å². The molecule has 5 heteroatoms. The molecule has 0 radical (unpaired) electrons. The highest BCUT2D eigenvalue weighted by Gasteiger charge is 2.21. The van der Waals surface area contributed by atoms with E-state index in [0.29, 0.717) is 17.3 Å². The molecule has 0 saturated carbocycles. The minimum atomic E-state index is 0.0772. The Morgan fingerprint density at radius 2 is 1.66 bits per heavy atom. The van der Waals surface area contributed by atoms with Gasteiger partial charge in [-0.2, -0.15) is 10.2 Å². The molecule has 1 aromatic heterocycles. The molecule has 1 aromatic carbocycles. The van der Waals surface area contributed by atoms with Crippen LogP contribution in [0.5, 0.6) is 0 Å². The lowest BCUT2D eigenvalue weighted by Crippen LogP contribution is -2.31. The lowest BCUT2D eigenvalue weighted by Gasteiger charge is -2.28. The van der Waals surface area contributed by atoms with Crippen molar-refractivity contribution >= 4 is 23.0 Å². The monoisotopic (exact) mass is 521 g/mol. The van der Waals surface area contributed by atoms with Gasteiger partial charge in [0.25, 0.3) is 0 Å². The minimum absolute atomic E-state index is 0.0772. The van der Waals surface area contributed by atoms with Crippen LogP contribution in [0.15, 0.2) is 24.8 Å². The van der Waals surface area contributed by atoms with Crippen molar-refractivity contribution in [3.63, 3.8) is 0 Å². The number of hydrogen-bond acceptors (Lipinski definition) is 5. The van der Waals surface area contributed by atoms with Gasteiger partial charge in [0.05, 0.1) is 5.69 Å². The zero-order chi connectivity index (χ0) is 29.3. The van der Waals surface area contributed by atoms with Crippen molar-refractivity contribution in [1.29, 1.82) is 5.26 Å². The highest BCUT2D eigenvalue weighted by molar-refractivity contribution is 5.71. The number of aryl methyl sites for hydroxylation is 2. The average molecular weight is 522 g/mol. The number of unbranched alkanes of at least 4 members (excludes halogenated alkanes) is 3. The molecule has 38 heavy (non-hydrogen) atoms. The predicted octanol–water partition coefficient (Wildman–Crippen LogP) is 9.87. The SMILES string of the molecule is C=C(CC)c1ccc(C)c(Nc2nc(CCCCC)c(C#N)c(N(C)CC(C)(C)C)n2)c1.CC.CCCC. The average Bonchev–Trinajstić information content (AvgIpc) is 2.89. The first kappa shape index (κ1) is 35.1. The molecule has 2 rings (SSSR count). The minimum Gasteiger partial charge on any atom is -0.358 e. The quantitative estimate of drug-likeness (QED) is 0.298. The van der Waals surface area contributed by atoms with Crippen LogP contribution in [0.25, 0.3) is 5.57 Å². The van der Waals surface area contributed by atoms with Gasteiger partial charge in [0.1, 0.15) is 11.6 Å². The first-order valence-electron chi connectivity index (χ1n) is 14.6. The maximum atomic E-state index is 9.97. The van der Waals surface area contributed by atoms with Crippen LogP contribution in [0.1, 0.15) is 123 Å². The van der Waals surface area contributed by atoms with Gasteiger partial charge in [-0.3, -0.25) is 0 Å². The zero-order valence-corrected chi connectivity index (χ0v) is 26.4. The van der Waals surface area contributed by atoms with Gasteiger partial charge >= 0.3 is 0 Å². The Kier molecular flexibility index (Phi) is 17.0. The van der Waals surface area contributed by atoms with Gasteiger partial charge in [-0.15, -0.1) is 0 Å². The van der Waals surface area contributed by atoms with E-state index in [0.717, 1.165) is 66.7 Å². The van der Waals surface area contributed by atoms with Crippen LogP contribution in [-0.4, -0.2) is 23.6 Å². The summed E-state index contributed by atoms with van der Waals surface area (Å²) in [7, 11) is 2.01. The van der Waals surface area contributed by atoms with Crippen LogP contribution in [0.3, 0.4) is 0 Å². The van der Waals surface area contributed by atoms with E-state index in [4.69, 9.17) is 9.97 Å². The molecule has 0 saturated heterocycles. The molecule has 1 N–H and O–H groups in total. The Morgan fingerprint density at radius 1 is 1.03 bits per heavy atom. The van der Waals surface area contributed by atoms with Crippen molar-refractivity contribution in [2.45, 2.75) is 114 Å². The maximum absolute atomic E-state index is 9.97. The number of rotatable bonds is 11. The fourth-order valence-corrected chi connectivity index (χ4v) is 3.75. The molecular weight excluding hydrogens is 466 g/mol. The lowest BCUT2D eigenvalue weighted by molar-refractivity contribution is 0.417. The first-order valence-corrected chi connectivity index (χ1v) is 14.6. The highest BCUT2D eigenvalue weighted by atomic mass is 15.2. The van der Waals surface area contributed by atoms with Gasteiger partial charge in [-0.1, -0.05) is 107 Å². The summed E-state index contributed by atoms with van der Waals surface area (Å²) in [6.07, 6.45) is 7.57. The molecule has 2 aromatic rings. The number of nitriles is 1. The fourth-order valence-electron chi connectivity index (χ4n) is 3.75. The van der Waals surface area contributed by atoms with E-state index in [2.05, 4.69) is 96.5 Å². The summed E-state index contributed by atoms with van der Waals surface area (Å²) in [5, 5.41) is 13.4. The normalized spacial score (nSPS) is 10.4. The van der Waals surface area contributed by atoms with Crippen LogP contribution < -0.4 is 10.2 Å². The lowest BCUT2D eigenvalue weighted by atomic mass is 9.96. The number of aromatic nitrogens is 2. The third-order valence-corrected chi connectivity index (χ3v) is 5.99. The van der Waals surface area contributed by atoms with Crippen LogP contribution in [0, 0.1) is 23.7 Å². The molecule has 1 heterocycles. The molecule has 0 bridgehead atoms. The molecular formula is C33H55N5. The molecule has 0 aliphatic carbocycles. The third kappa shape index (κ3) is 12.1. The van der Waals surface area contributed by atoms with Crippen molar-refractivity contribution in [2.75, 3.05) is 23.8 Å². The predicted molar refractivity (Wildman–Crippen MR) is 168 cm³/mol. The van der Waals surface area contributed by atoms with Gasteiger partial charge in [-0.05, 0) is 54.4 Å². The Balaban J connectivity index is 0.00000208. The van der Waals surface area contributed by atoms with E-state index in [1.807, 2.05) is 20.9 Å². The number of anilines is 3. The summed E-state index contributed by atoms with van der Waals surface area (Å²) in [6.45, 7) is 26.2. The second kappa shape index (κ2) is 18.4. The van der Waals surface area contributed by atoms with Crippen LogP contribution in [0.4, 0.5) is 17.5 Å². The van der Waals surface area contributed by atoms with Crippen LogP contribution >= 0.6 is 0 Å². The summed E-state index contributed by atoms with van der Waals surface area (Å²) in [5.41, 5.74) is 5.77. The second-order valence-corrected chi connectivity index (χ2v) is 10.8. The molecule has 0 spiro atoms. The number of hydrogen-bond donors (Lipinski definition) is 1. The molecule has 0 amide bonds.